The molecule has 4 aromatic rings. The summed E-state index contributed by atoms with van der Waals surface area (Å²) in [6, 6.07) is 21.3. The van der Waals surface area contributed by atoms with Crippen LogP contribution in [0, 0.1) is 6.92 Å². The maximum atomic E-state index is 13.0. The molecule has 0 aliphatic heterocycles. The fourth-order valence-corrected chi connectivity index (χ4v) is 3.74. The Morgan fingerprint density at radius 1 is 0.829 bits per heavy atom. The maximum Gasteiger partial charge on any atom is 0.348 e. The molecule has 0 spiro atoms. The number of pyridine rings is 1. The summed E-state index contributed by atoms with van der Waals surface area (Å²) in [5.74, 6) is -2.10. The molecule has 176 valence electrons. The van der Waals surface area contributed by atoms with E-state index in [0.717, 1.165) is 11.1 Å². The van der Waals surface area contributed by atoms with Gasteiger partial charge in [-0.05, 0) is 43.2 Å². The first-order valence-corrected chi connectivity index (χ1v) is 11.2. The van der Waals surface area contributed by atoms with Crippen LogP contribution in [0.4, 0.5) is 5.69 Å². The predicted octanol–water partition coefficient (Wildman–Crippen LogP) is 5.33. The van der Waals surface area contributed by atoms with Gasteiger partial charge in [0.05, 0.1) is 28.9 Å². The SMILES string of the molecule is CCOC(=O)c1cnc2c(C(=O)OC(=O)c3ccccc3)ccc(C)c2c1NCc1ccccc1. The molecule has 4 rings (SSSR count). The van der Waals surface area contributed by atoms with Gasteiger partial charge in [-0.15, -0.1) is 0 Å². The van der Waals surface area contributed by atoms with Crippen molar-refractivity contribution in [3.8, 4) is 0 Å². The van der Waals surface area contributed by atoms with Crippen molar-refractivity contribution in [3.63, 3.8) is 0 Å². The van der Waals surface area contributed by atoms with Gasteiger partial charge in [0.1, 0.15) is 5.56 Å². The standard InChI is InChI=1S/C28H24N2O5/c1-3-34-27(32)22-17-30-24-21(28(33)35-26(31)20-12-8-5-9-13-20)15-14-18(2)23(24)25(22)29-16-19-10-6-4-7-11-19/h4-15,17H,3,16H2,1-2H3,(H,29,30). The van der Waals surface area contributed by atoms with Crippen LogP contribution >= 0.6 is 0 Å². The van der Waals surface area contributed by atoms with Crippen molar-refractivity contribution in [2.24, 2.45) is 0 Å². The minimum atomic E-state index is -0.825. The third-order valence-corrected chi connectivity index (χ3v) is 5.45. The monoisotopic (exact) mass is 468 g/mol. The van der Waals surface area contributed by atoms with Crippen LogP contribution in [0.15, 0.2) is 79.0 Å². The number of nitrogens with one attached hydrogen (secondary N) is 1. The Bertz CT molecular complexity index is 1390. The summed E-state index contributed by atoms with van der Waals surface area (Å²) < 4.78 is 10.4. The van der Waals surface area contributed by atoms with E-state index < -0.39 is 17.9 Å². The molecule has 1 aromatic heterocycles. The van der Waals surface area contributed by atoms with Crippen molar-refractivity contribution in [2.75, 3.05) is 11.9 Å². The van der Waals surface area contributed by atoms with Crippen molar-refractivity contribution < 1.29 is 23.9 Å². The smallest absolute Gasteiger partial charge is 0.348 e. The van der Waals surface area contributed by atoms with Crippen LogP contribution in [0.25, 0.3) is 10.9 Å². The second-order valence-corrected chi connectivity index (χ2v) is 7.80. The average Bonchev–Trinajstić information content (AvgIpc) is 2.88. The van der Waals surface area contributed by atoms with E-state index in [4.69, 9.17) is 9.47 Å². The Hall–Kier alpha value is -4.52. The molecule has 0 aliphatic carbocycles. The molecular formula is C28H24N2O5. The van der Waals surface area contributed by atoms with E-state index in [0.29, 0.717) is 23.1 Å². The lowest BCUT2D eigenvalue weighted by atomic mass is 10.0. The Labute approximate surface area is 202 Å². The summed E-state index contributed by atoms with van der Waals surface area (Å²) in [6.07, 6.45) is 1.38. The Morgan fingerprint density at radius 2 is 1.51 bits per heavy atom. The number of nitrogens with zero attached hydrogens (tertiary/aromatic N) is 1. The van der Waals surface area contributed by atoms with Gasteiger partial charge in [-0.1, -0.05) is 54.6 Å². The van der Waals surface area contributed by atoms with Crippen molar-refractivity contribution in [1.29, 1.82) is 0 Å². The van der Waals surface area contributed by atoms with E-state index in [9.17, 15) is 14.4 Å². The average molecular weight is 469 g/mol. The molecule has 0 atom stereocenters. The fraction of sp³-hybridized carbons (Fsp3) is 0.143. The molecule has 35 heavy (non-hydrogen) atoms. The number of esters is 3. The van der Waals surface area contributed by atoms with E-state index in [1.54, 1.807) is 49.4 Å². The van der Waals surface area contributed by atoms with Gasteiger partial charge in [0.25, 0.3) is 0 Å². The molecule has 1 heterocycles. The zero-order valence-electron chi connectivity index (χ0n) is 19.4. The first kappa shape index (κ1) is 23.6. The van der Waals surface area contributed by atoms with Gasteiger partial charge < -0.3 is 14.8 Å². The van der Waals surface area contributed by atoms with Crippen molar-refractivity contribution >= 4 is 34.5 Å². The van der Waals surface area contributed by atoms with E-state index >= 15 is 0 Å². The molecule has 0 saturated heterocycles. The largest absolute Gasteiger partial charge is 0.462 e. The van der Waals surface area contributed by atoms with Crippen molar-refractivity contribution in [2.45, 2.75) is 20.4 Å². The number of hydrogen-bond donors (Lipinski definition) is 1. The first-order chi connectivity index (χ1) is 17.0. The van der Waals surface area contributed by atoms with Crippen LogP contribution in [0.3, 0.4) is 0 Å². The van der Waals surface area contributed by atoms with E-state index in [-0.39, 0.29) is 23.3 Å². The van der Waals surface area contributed by atoms with E-state index in [1.807, 2.05) is 37.3 Å². The number of hydrogen-bond acceptors (Lipinski definition) is 7. The van der Waals surface area contributed by atoms with Gasteiger partial charge in [-0.3, -0.25) is 4.98 Å². The fourth-order valence-electron chi connectivity index (χ4n) is 3.74. The summed E-state index contributed by atoms with van der Waals surface area (Å²) in [6.45, 7) is 4.23. The molecule has 0 aliphatic rings. The number of ether oxygens (including phenoxy) is 2. The summed E-state index contributed by atoms with van der Waals surface area (Å²) in [7, 11) is 0. The number of anilines is 1. The lowest BCUT2D eigenvalue weighted by Crippen LogP contribution is -2.15. The van der Waals surface area contributed by atoms with Crippen LogP contribution < -0.4 is 5.32 Å². The quantitative estimate of drug-likeness (QED) is 0.289. The predicted molar refractivity (Wildman–Crippen MR) is 132 cm³/mol. The van der Waals surface area contributed by atoms with Crippen LogP contribution in [0.2, 0.25) is 0 Å². The van der Waals surface area contributed by atoms with Crippen molar-refractivity contribution in [1.82, 2.24) is 4.98 Å². The summed E-state index contributed by atoms with van der Waals surface area (Å²) in [4.78, 5) is 42.5. The minimum Gasteiger partial charge on any atom is -0.462 e. The molecule has 0 unspecified atom stereocenters. The third kappa shape index (κ3) is 5.19. The van der Waals surface area contributed by atoms with Gasteiger partial charge in [0.2, 0.25) is 0 Å². The summed E-state index contributed by atoms with van der Waals surface area (Å²) in [5, 5.41) is 3.90. The summed E-state index contributed by atoms with van der Waals surface area (Å²) >= 11 is 0. The van der Waals surface area contributed by atoms with Gasteiger partial charge in [-0.25, -0.2) is 14.4 Å². The van der Waals surface area contributed by atoms with Gasteiger partial charge in [-0.2, -0.15) is 0 Å². The van der Waals surface area contributed by atoms with Crippen LogP contribution in [-0.2, 0) is 16.0 Å². The highest BCUT2D eigenvalue weighted by Gasteiger charge is 2.23. The highest BCUT2D eigenvalue weighted by Crippen LogP contribution is 2.32. The molecule has 1 N–H and O–H groups in total. The van der Waals surface area contributed by atoms with Crippen molar-refractivity contribution in [3.05, 3.63) is 107 Å². The summed E-state index contributed by atoms with van der Waals surface area (Å²) in [5.41, 5.74) is 3.25. The zero-order valence-corrected chi connectivity index (χ0v) is 19.4. The topological polar surface area (TPSA) is 94.6 Å². The lowest BCUT2D eigenvalue weighted by Gasteiger charge is -2.17. The number of fused-ring (bicyclic) bond motifs is 1. The second-order valence-electron chi connectivity index (χ2n) is 7.80. The number of rotatable bonds is 7. The van der Waals surface area contributed by atoms with Crippen LogP contribution in [0.5, 0.6) is 0 Å². The molecule has 7 heteroatoms. The molecule has 0 saturated carbocycles. The van der Waals surface area contributed by atoms with Gasteiger partial charge in [0, 0.05) is 18.1 Å². The third-order valence-electron chi connectivity index (χ3n) is 5.45. The Morgan fingerprint density at radius 3 is 2.20 bits per heavy atom. The molecule has 0 radical (unpaired) electrons. The molecule has 0 fully saturated rings. The highest BCUT2D eigenvalue weighted by molar-refractivity contribution is 6.13. The van der Waals surface area contributed by atoms with Crippen LogP contribution in [0.1, 0.15) is 49.1 Å². The number of aromatic nitrogens is 1. The normalized spacial score (nSPS) is 10.6. The maximum absolute atomic E-state index is 13.0. The minimum absolute atomic E-state index is 0.119. The van der Waals surface area contributed by atoms with E-state index in [1.165, 1.54) is 6.20 Å². The van der Waals surface area contributed by atoms with Gasteiger partial charge >= 0.3 is 17.9 Å². The Kier molecular flexibility index (Phi) is 7.16. The molecule has 3 aromatic carbocycles. The first-order valence-electron chi connectivity index (χ1n) is 11.2. The number of aryl methyl sites for hydroxylation is 1. The molecule has 0 bridgehead atoms. The van der Waals surface area contributed by atoms with Crippen LogP contribution in [-0.4, -0.2) is 29.5 Å². The molecule has 7 nitrogen and oxygen atoms in total. The number of carbonyl (C=O) groups is 3. The zero-order chi connectivity index (χ0) is 24.8. The Balaban J connectivity index is 1.76. The van der Waals surface area contributed by atoms with E-state index in [2.05, 4.69) is 10.3 Å². The number of carbonyl (C=O) groups excluding carboxylic acids is 3. The molecular weight excluding hydrogens is 444 g/mol. The highest BCUT2D eigenvalue weighted by atomic mass is 16.6. The molecule has 0 amide bonds. The second kappa shape index (κ2) is 10.6. The lowest BCUT2D eigenvalue weighted by molar-refractivity contribution is 0.0398. The number of benzene rings is 3. The van der Waals surface area contributed by atoms with Gasteiger partial charge in [0.15, 0.2) is 0 Å².